The number of anilines is 1. The number of nitrogens with two attached hydrogens (primary N) is 1. The minimum Gasteiger partial charge on any atom is -0.363 e. The third kappa shape index (κ3) is 2.44. The highest BCUT2D eigenvalue weighted by atomic mass is 32.1. The average Bonchev–Trinajstić information content (AvgIpc) is 2.81. The number of hydrogen-bond donors (Lipinski definition) is 2. The summed E-state index contributed by atoms with van der Waals surface area (Å²) < 4.78 is 0. The molecule has 0 aromatic carbocycles. The summed E-state index contributed by atoms with van der Waals surface area (Å²) in [6.07, 6.45) is 7.74. The number of thiophene rings is 1. The van der Waals surface area contributed by atoms with Crippen LogP contribution in [0.2, 0.25) is 0 Å². The summed E-state index contributed by atoms with van der Waals surface area (Å²) in [5.41, 5.74) is 6.06. The number of hydrogen-bond acceptors (Lipinski definition) is 5. The van der Waals surface area contributed by atoms with Gasteiger partial charge < -0.3 is 11.1 Å². The maximum atomic E-state index is 6.03. The molecule has 0 bridgehead atoms. The van der Waals surface area contributed by atoms with Gasteiger partial charge in [-0.1, -0.05) is 19.3 Å². The van der Waals surface area contributed by atoms with Gasteiger partial charge in [-0.15, -0.1) is 11.3 Å². The first-order valence-electron chi connectivity index (χ1n) is 6.92. The zero-order chi connectivity index (χ0) is 13.3. The van der Waals surface area contributed by atoms with Gasteiger partial charge in [-0.3, -0.25) is 0 Å². The first-order valence-corrected chi connectivity index (χ1v) is 7.73. The van der Waals surface area contributed by atoms with Crippen LogP contribution in [-0.4, -0.2) is 22.1 Å². The van der Waals surface area contributed by atoms with E-state index in [-0.39, 0.29) is 5.54 Å². The van der Waals surface area contributed by atoms with Gasteiger partial charge >= 0.3 is 0 Å². The van der Waals surface area contributed by atoms with E-state index in [2.05, 4.69) is 28.3 Å². The first-order chi connectivity index (χ1) is 9.22. The smallest absolute Gasteiger partial charge is 0.138 e. The topological polar surface area (TPSA) is 63.8 Å². The second-order valence-corrected chi connectivity index (χ2v) is 6.70. The van der Waals surface area contributed by atoms with Crippen LogP contribution in [0.1, 0.15) is 37.0 Å². The minimum absolute atomic E-state index is 0.0232. The summed E-state index contributed by atoms with van der Waals surface area (Å²) in [5, 5.41) is 4.76. The Morgan fingerprint density at radius 3 is 2.84 bits per heavy atom. The number of rotatable bonds is 3. The molecule has 5 heteroatoms. The Balaban J connectivity index is 1.95. The molecule has 2 aromatic rings. The van der Waals surface area contributed by atoms with E-state index in [1.54, 1.807) is 17.7 Å². The van der Waals surface area contributed by atoms with Gasteiger partial charge in [0.05, 0.1) is 10.9 Å². The van der Waals surface area contributed by atoms with Crippen LogP contribution in [0.25, 0.3) is 10.2 Å². The van der Waals surface area contributed by atoms with E-state index in [1.165, 1.54) is 24.1 Å². The molecule has 2 heterocycles. The van der Waals surface area contributed by atoms with Gasteiger partial charge in [0.2, 0.25) is 0 Å². The molecule has 1 fully saturated rings. The van der Waals surface area contributed by atoms with Gasteiger partial charge in [0, 0.05) is 11.4 Å². The van der Waals surface area contributed by atoms with Crippen molar-refractivity contribution >= 4 is 27.4 Å². The van der Waals surface area contributed by atoms with Crippen molar-refractivity contribution in [3.8, 4) is 0 Å². The fourth-order valence-electron chi connectivity index (χ4n) is 2.94. The molecule has 0 radical (unpaired) electrons. The number of aryl methyl sites for hydroxylation is 1. The molecule has 102 valence electrons. The van der Waals surface area contributed by atoms with E-state index in [4.69, 9.17) is 5.73 Å². The Kier molecular flexibility index (Phi) is 3.41. The Morgan fingerprint density at radius 1 is 1.32 bits per heavy atom. The molecule has 0 unspecified atom stereocenters. The molecule has 1 saturated carbocycles. The molecule has 0 atom stereocenters. The van der Waals surface area contributed by atoms with Crippen LogP contribution in [0, 0.1) is 6.92 Å². The predicted molar refractivity (Wildman–Crippen MR) is 80.6 cm³/mol. The number of nitrogens with one attached hydrogen (secondary N) is 1. The Labute approximate surface area is 117 Å². The molecule has 0 aliphatic heterocycles. The van der Waals surface area contributed by atoms with E-state index in [0.717, 1.165) is 28.9 Å². The third-order valence-electron chi connectivity index (χ3n) is 4.04. The maximum Gasteiger partial charge on any atom is 0.138 e. The van der Waals surface area contributed by atoms with Gasteiger partial charge in [-0.05, 0) is 25.8 Å². The maximum absolute atomic E-state index is 6.03. The predicted octanol–water partition coefficient (Wildman–Crippen LogP) is 3.07. The van der Waals surface area contributed by atoms with E-state index in [9.17, 15) is 0 Å². The standard InChI is InChI=1S/C14H20N4S/c1-10-7-11-12(16-9-17-13(11)19-10)18-14(8-15)5-3-2-4-6-14/h7,9H,2-6,8,15H2,1H3,(H,16,17,18). The van der Waals surface area contributed by atoms with Crippen molar-refractivity contribution in [3.63, 3.8) is 0 Å². The van der Waals surface area contributed by atoms with Crippen LogP contribution in [0.4, 0.5) is 5.82 Å². The van der Waals surface area contributed by atoms with Crippen molar-refractivity contribution < 1.29 is 0 Å². The monoisotopic (exact) mass is 276 g/mol. The van der Waals surface area contributed by atoms with Gasteiger partial charge in [-0.2, -0.15) is 0 Å². The Hall–Kier alpha value is -1.20. The largest absolute Gasteiger partial charge is 0.363 e. The Morgan fingerprint density at radius 2 is 2.11 bits per heavy atom. The SMILES string of the molecule is Cc1cc2c(NC3(CN)CCCCC3)ncnc2s1. The van der Waals surface area contributed by atoms with E-state index >= 15 is 0 Å². The molecule has 3 rings (SSSR count). The Bertz CT molecular complexity index is 572. The third-order valence-corrected chi connectivity index (χ3v) is 5.00. The minimum atomic E-state index is 0.0232. The van der Waals surface area contributed by atoms with Crippen LogP contribution in [0.5, 0.6) is 0 Å². The highest BCUT2D eigenvalue weighted by Crippen LogP contribution is 2.34. The van der Waals surface area contributed by atoms with Crippen molar-refractivity contribution in [2.45, 2.75) is 44.6 Å². The van der Waals surface area contributed by atoms with Gasteiger partial charge in [0.1, 0.15) is 17.0 Å². The average molecular weight is 276 g/mol. The second kappa shape index (κ2) is 5.06. The zero-order valence-corrected chi connectivity index (χ0v) is 12.1. The van der Waals surface area contributed by atoms with Crippen molar-refractivity contribution in [1.29, 1.82) is 0 Å². The molecule has 4 nitrogen and oxygen atoms in total. The molecule has 2 aromatic heterocycles. The summed E-state index contributed by atoms with van der Waals surface area (Å²) in [7, 11) is 0. The summed E-state index contributed by atoms with van der Waals surface area (Å²) >= 11 is 1.71. The van der Waals surface area contributed by atoms with Crippen molar-refractivity contribution in [1.82, 2.24) is 9.97 Å². The zero-order valence-electron chi connectivity index (χ0n) is 11.3. The molecule has 0 amide bonds. The summed E-state index contributed by atoms with van der Waals surface area (Å²) in [5.74, 6) is 0.946. The normalized spacial score (nSPS) is 18.6. The quantitative estimate of drug-likeness (QED) is 0.904. The number of aromatic nitrogens is 2. The number of nitrogens with zero attached hydrogens (tertiary/aromatic N) is 2. The molecular formula is C14H20N4S. The van der Waals surface area contributed by atoms with E-state index < -0.39 is 0 Å². The lowest BCUT2D eigenvalue weighted by atomic mass is 9.81. The molecular weight excluding hydrogens is 256 g/mol. The lowest BCUT2D eigenvalue weighted by molar-refractivity contribution is 0.330. The van der Waals surface area contributed by atoms with Crippen molar-refractivity contribution in [2.75, 3.05) is 11.9 Å². The number of fused-ring (bicyclic) bond motifs is 1. The van der Waals surface area contributed by atoms with Crippen LogP contribution in [0.15, 0.2) is 12.4 Å². The van der Waals surface area contributed by atoms with Gasteiger partial charge in [0.25, 0.3) is 0 Å². The molecule has 1 aliphatic rings. The summed E-state index contributed by atoms with van der Waals surface area (Å²) in [6, 6.07) is 2.16. The second-order valence-electron chi connectivity index (χ2n) is 5.47. The molecule has 3 N–H and O–H groups in total. The van der Waals surface area contributed by atoms with Gasteiger partial charge in [0.15, 0.2) is 0 Å². The molecule has 0 saturated heterocycles. The van der Waals surface area contributed by atoms with Crippen LogP contribution in [0.3, 0.4) is 0 Å². The van der Waals surface area contributed by atoms with Gasteiger partial charge in [-0.25, -0.2) is 9.97 Å². The first kappa shape index (κ1) is 12.8. The fourth-order valence-corrected chi connectivity index (χ4v) is 3.78. The lowest BCUT2D eigenvalue weighted by Crippen LogP contribution is -2.47. The highest BCUT2D eigenvalue weighted by molar-refractivity contribution is 7.18. The summed E-state index contributed by atoms with van der Waals surface area (Å²) in [6.45, 7) is 2.77. The van der Waals surface area contributed by atoms with Crippen LogP contribution in [-0.2, 0) is 0 Å². The summed E-state index contributed by atoms with van der Waals surface area (Å²) in [4.78, 5) is 11.1. The van der Waals surface area contributed by atoms with Crippen molar-refractivity contribution in [3.05, 3.63) is 17.3 Å². The van der Waals surface area contributed by atoms with E-state index in [0.29, 0.717) is 6.54 Å². The molecule has 0 spiro atoms. The van der Waals surface area contributed by atoms with Crippen LogP contribution < -0.4 is 11.1 Å². The van der Waals surface area contributed by atoms with Crippen LogP contribution >= 0.6 is 11.3 Å². The molecule has 1 aliphatic carbocycles. The fraction of sp³-hybridized carbons (Fsp3) is 0.571. The lowest BCUT2D eigenvalue weighted by Gasteiger charge is -2.37. The highest BCUT2D eigenvalue weighted by Gasteiger charge is 2.31. The van der Waals surface area contributed by atoms with Crippen molar-refractivity contribution in [2.24, 2.45) is 5.73 Å². The molecule has 19 heavy (non-hydrogen) atoms. The van der Waals surface area contributed by atoms with E-state index in [1.807, 2.05) is 0 Å².